The van der Waals surface area contributed by atoms with Gasteiger partial charge in [0, 0.05) is 31.4 Å². The lowest BCUT2D eigenvalue weighted by Gasteiger charge is -2.31. The smallest absolute Gasteiger partial charge is 0.406 e. The van der Waals surface area contributed by atoms with E-state index in [1.54, 1.807) is 29.1 Å². The van der Waals surface area contributed by atoms with E-state index < -0.39 is 0 Å². The number of aromatic nitrogens is 3. The molecule has 0 aromatic carbocycles. The summed E-state index contributed by atoms with van der Waals surface area (Å²) < 4.78 is 6.79. The molecule has 1 aliphatic heterocycles. The van der Waals surface area contributed by atoms with Gasteiger partial charge in [-0.15, -0.1) is 0 Å². The van der Waals surface area contributed by atoms with Gasteiger partial charge in [-0.1, -0.05) is 6.07 Å². The van der Waals surface area contributed by atoms with E-state index in [-0.39, 0.29) is 17.6 Å². The zero-order valence-corrected chi connectivity index (χ0v) is 15.8. The average molecular weight is 381 g/mol. The van der Waals surface area contributed by atoms with Gasteiger partial charge in [-0.05, 0) is 56.6 Å². The number of nitrogens with one attached hydrogen (secondary N) is 1. The molecule has 3 aromatic heterocycles. The molecule has 8 heteroatoms. The second kappa shape index (κ2) is 7.93. The summed E-state index contributed by atoms with van der Waals surface area (Å²) in [6.45, 7) is 4.84. The highest BCUT2D eigenvalue weighted by Gasteiger charge is 2.25. The zero-order chi connectivity index (χ0) is 19.5. The number of aryl methyl sites for hydroxylation is 1. The molecule has 1 amide bonds. The summed E-state index contributed by atoms with van der Waals surface area (Å²) in [5, 5.41) is 2.90. The van der Waals surface area contributed by atoms with E-state index in [0.717, 1.165) is 38.0 Å². The van der Waals surface area contributed by atoms with Crippen LogP contribution in [0.3, 0.4) is 0 Å². The Labute approximate surface area is 162 Å². The Morgan fingerprint density at radius 3 is 2.79 bits per heavy atom. The van der Waals surface area contributed by atoms with Crippen molar-refractivity contribution in [1.82, 2.24) is 19.4 Å². The van der Waals surface area contributed by atoms with Gasteiger partial charge in [-0.3, -0.25) is 9.36 Å². The molecule has 0 aliphatic carbocycles. The van der Waals surface area contributed by atoms with E-state index in [1.807, 2.05) is 19.1 Å². The zero-order valence-electron chi connectivity index (χ0n) is 15.8. The third kappa shape index (κ3) is 3.96. The summed E-state index contributed by atoms with van der Waals surface area (Å²) in [5.74, 6) is 0.223. The number of carbonyl (C=O) groups is 1. The first kappa shape index (κ1) is 18.4. The molecule has 1 fully saturated rings. The van der Waals surface area contributed by atoms with Gasteiger partial charge in [0.05, 0.1) is 0 Å². The SMILES string of the molecule is Cc1ccc(NC(=O)C2CCN(CCn3c(=O)oc4cccnc43)CC2)nc1. The minimum Gasteiger partial charge on any atom is -0.406 e. The van der Waals surface area contributed by atoms with Crippen molar-refractivity contribution in [1.29, 1.82) is 0 Å². The first-order chi connectivity index (χ1) is 13.6. The van der Waals surface area contributed by atoms with Crippen molar-refractivity contribution in [3.05, 3.63) is 52.8 Å². The summed E-state index contributed by atoms with van der Waals surface area (Å²) in [4.78, 5) is 35.2. The average Bonchev–Trinajstić information content (AvgIpc) is 3.03. The molecule has 0 unspecified atom stereocenters. The maximum atomic E-state index is 12.5. The van der Waals surface area contributed by atoms with Crippen molar-refractivity contribution in [2.24, 2.45) is 5.92 Å². The number of carbonyl (C=O) groups excluding carboxylic acids is 1. The number of amides is 1. The lowest BCUT2D eigenvalue weighted by atomic mass is 9.96. The lowest BCUT2D eigenvalue weighted by molar-refractivity contribution is -0.121. The monoisotopic (exact) mass is 381 g/mol. The molecule has 4 rings (SSSR count). The van der Waals surface area contributed by atoms with Gasteiger partial charge in [0.2, 0.25) is 5.91 Å². The highest BCUT2D eigenvalue weighted by atomic mass is 16.4. The molecule has 4 heterocycles. The van der Waals surface area contributed by atoms with E-state index in [1.165, 1.54) is 0 Å². The van der Waals surface area contributed by atoms with Crippen LogP contribution in [-0.4, -0.2) is 45.0 Å². The normalized spacial score (nSPS) is 15.8. The van der Waals surface area contributed by atoms with Crippen LogP contribution < -0.4 is 11.1 Å². The Morgan fingerprint density at radius 1 is 1.21 bits per heavy atom. The van der Waals surface area contributed by atoms with Gasteiger partial charge in [0.15, 0.2) is 11.2 Å². The number of piperidine rings is 1. The predicted molar refractivity (Wildman–Crippen MR) is 105 cm³/mol. The molecule has 0 atom stereocenters. The predicted octanol–water partition coefficient (Wildman–Crippen LogP) is 2.04. The molecule has 146 valence electrons. The van der Waals surface area contributed by atoms with Gasteiger partial charge in [-0.2, -0.15) is 0 Å². The fourth-order valence-electron chi connectivity index (χ4n) is 3.53. The summed E-state index contributed by atoms with van der Waals surface area (Å²) in [7, 11) is 0. The third-order valence-electron chi connectivity index (χ3n) is 5.19. The Kier molecular flexibility index (Phi) is 5.21. The van der Waals surface area contributed by atoms with Crippen molar-refractivity contribution < 1.29 is 9.21 Å². The standard InChI is InChI=1S/C20H23N5O3/c1-14-4-5-17(22-13-14)23-19(26)15-6-9-24(10-7-15)11-12-25-18-16(28-20(25)27)3-2-8-21-18/h2-5,8,13,15H,6-7,9-12H2,1H3,(H,22,23,26). The molecule has 1 N–H and O–H groups in total. The fourth-order valence-corrected chi connectivity index (χ4v) is 3.53. The third-order valence-corrected chi connectivity index (χ3v) is 5.19. The van der Waals surface area contributed by atoms with Crippen LogP contribution in [0, 0.1) is 12.8 Å². The summed E-state index contributed by atoms with van der Waals surface area (Å²) >= 11 is 0. The number of fused-ring (bicyclic) bond motifs is 1. The minimum atomic E-state index is -0.381. The van der Waals surface area contributed by atoms with Crippen LogP contribution >= 0.6 is 0 Å². The van der Waals surface area contributed by atoms with Crippen LogP contribution in [0.25, 0.3) is 11.2 Å². The van der Waals surface area contributed by atoms with E-state index >= 15 is 0 Å². The van der Waals surface area contributed by atoms with Gasteiger partial charge in [-0.25, -0.2) is 14.8 Å². The molecular formula is C20H23N5O3. The largest absolute Gasteiger partial charge is 0.421 e. The number of pyridine rings is 2. The number of hydrogen-bond donors (Lipinski definition) is 1. The van der Waals surface area contributed by atoms with Gasteiger partial charge >= 0.3 is 5.76 Å². The van der Waals surface area contributed by atoms with Crippen LogP contribution in [0.1, 0.15) is 18.4 Å². The number of rotatable bonds is 5. The van der Waals surface area contributed by atoms with E-state index in [4.69, 9.17) is 4.42 Å². The van der Waals surface area contributed by atoms with E-state index in [9.17, 15) is 9.59 Å². The van der Waals surface area contributed by atoms with Crippen molar-refractivity contribution in [3.8, 4) is 0 Å². The van der Waals surface area contributed by atoms with Crippen LogP contribution in [0.5, 0.6) is 0 Å². The van der Waals surface area contributed by atoms with Crippen LogP contribution in [-0.2, 0) is 11.3 Å². The molecule has 3 aromatic rings. The molecule has 1 saturated heterocycles. The molecule has 8 nitrogen and oxygen atoms in total. The van der Waals surface area contributed by atoms with Crippen LogP contribution in [0.15, 0.2) is 45.9 Å². The number of oxazole rings is 1. The summed E-state index contributed by atoms with van der Waals surface area (Å²) in [5.41, 5.74) is 2.14. The highest BCUT2D eigenvalue weighted by molar-refractivity contribution is 5.91. The number of hydrogen-bond acceptors (Lipinski definition) is 6. The van der Waals surface area contributed by atoms with Gasteiger partial charge in [0.1, 0.15) is 5.82 Å². The molecular weight excluding hydrogens is 358 g/mol. The summed E-state index contributed by atoms with van der Waals surface area (Å²) in [6, 6.07) is 7.25. The molecule has 0 saturated carbocycles. The Bertz CT molecular complexity index is 1020. The highest BCUT2D eigenvalue weighted by Crippen LogP contribution is 2.19. The second-order valence-corrected chi connectivity index (χ2v) is 7.17. The quantitative estimate of drug-likeness (QED) is 0.727. The molecule has 0 bridgehead atoms. The first-order valence-electron chi connectivity index (χ1n) is 9.50. The molecule has 1 aliphatic rings. The van der Waals surface area contributed by atoms with E-state index in [2.05, 4.69) is 20.2 Å². The van der Waals surface area contributed by atoms with Gasteiger partial charge in [0.25, 0.3) is 0 Å². The molecule has 0 spiro atoms. The summed E-state index contributed by atoms with van der Waals surface area (Å²) in [6.07, 6.45) is 4.98. The van der Waals surface area contributed by atoms with Crippen LogP contribution in [0.4, 0.5) is 5.82 Å². The Balaban J connectivity index is 1.29. The minimum absolute atomic E-state index is 0.0153. The number of anilines is 1. The maximum Gasteiger partial charge on any atom is 0.421 e. The first-order valence-corrected chi connectivity index (χ1v) is 9.50. The Hall–Kier alpha value is -3.00. The van der Waals surface area contributed by atoms with Crippen molar-refractivity contribution >= 4 is 23.0 Å². The maximum absolute atomic E-state index is 12.5. The number of nitrogens with zero attached hydrogens (tertiary/aromatic N) is 4. The molecule has 28 heavy (non-hydrogen) atoms. The van der Waals surface area contributed by atoms with E-state index in [0.29, 0.717) is 23.6 Å². The van der Waals surface area contributed by atoms with Crippen LogP contribution in [0.2, 0.25) is 0 Å². The van der Waals surface area contributed by atoms with Crippen molar-refractivity contribution in [2.45, 2.75) is 26.3 Å². The van der Waals surface area contributed by atoms with Gasteiger partial charge < -0.3 is 14.6 Å². The molecule has 0 radical (unpaired) electrons. The number of likely N-dealkylation sites (tertiary alicyclic amines) is 1. The van der Waals surface area contributed by atoms with Crippen molar-refractivity contribution in [2.75, 3.05) is 25.0 Å². The van der Waals surface area contributed by atoms with Crippen molar-refractivity contribution in [3.63, 3.8) is 0 Å². The second-order valence-electron chi connectivity index (χ2n) is 7.17. The lowest BCUT2D eigenvalue weighted by Crippen LogP contribution is -2.40. The fraction of sp³-hybridized carbons (Fsp3) is 0.400. The topological polar surface area (TPSA) is 93.3 Å². The Morgan fingerprint density at radius 2 is 2.04 bits per heavy atom.